The Morgan fingerprint density at radius 1 is 1.25 bits per heavy atom. The van der Waals surface area contributed by atoms with Crippen LogP contribution in [0.4, 0.5) is 10.5 Å². The highest BCUT2D eigenvalue weighted by Gasteiger charge is 2.29. The van der Waals surface area contributed by atoms with Gasteiger partial charge in [-0.1, -0.05) is 0 Å². The molecule has 0 radical (unpaired) electrons. The predicted octanol–water partition coefficient (Wildman–Crippen LogP) is 0.509. The number of carbonyl (C=O) groups is 2. The molecule has 0 saturated carbocycles. The molecule has 24 heavy (non-hydrogen) atoms. The van der Waals surface area contributed by atoms with Crippen LogP contribution < -0.4 is 20.7 Å². The van der Waals surface area contributed by atoms with Gasteiger partial charge in [0.2, 0.25) is 5.91 Å². The minimum Gasteiger partial charge on any atom is -0.497 e. The number of sulfone groups is 1. The molecule has 3 N–H and O–H groups in total. The molecule has 1 aliphatic rings. The summed E-state index contributed by atoms with van der Waals surface area (Å²) in [6.07, 6.45) is 0.391. The molecule has 2 atom stereocenters. The molecule has 1 heterocycles. The number of amides is 3. The van der Waals surface area contributed by atoms with Crippen LogP contribution in [0.25, 0.3) is 0 Å². The molecule has 1 fully saturated rings. The third-order valence-electron chi connectivity index (χ3n) is 3.67. The summed E-state index contributed by atoms with van der Waals surface area (Å²) >= 11 is 0. The zero-order valence-corrected chi connectivity index (χ0v) is 14.4. The largest absolute Gasteiger partial charge is 0.497 e. The van der Waals surface area contributed by atoms with E-state index in [-0.39, 0.29) is 17.4 Å². The molecular weight excluding hydrogens is 334 g/mol. The van der Waals surface area contributed by atoms with Gasteiger partial charge in [0.1, 0.15) is 11.8 Å². The van der Waals surface area contributed by atoms with Crippen molar-refractivity contribution in [2.45, 2.75) is 25.4 Å². The molecule has 0 aromatic heterocycles. The number of ether oxygens (including phenoxy) is 1. The van der Waals surface area contributed by atoms with Crippen molar-refractivity contribution in [3.05, 3.63) is 24.3 Å². The fourth-order valence-electron chi connectivity index (χ4n) is 2.32. The van der Waals surface area contributed by atoms with Gasteiger partial charge in [-0.3, -0.25) is 4.79 Å². The maximum Gasteiger partial charge on any atom is 0.315 e. The minimum atomic E-state index is -3.06. The van der Waals surface area contributed by atoms with Gasteiger partial charge in [-0.25, -0.2) is 13.2 Å². The van der Waals surface area contributed by atoms with E-state index >= 15 is 0 Å². The highest BCUT2D eigenvalue weighted by Crippen LogP contribution is 2.15. The fourth-order valence-corrected chi connectivity index (χ4v) is 4.00. The molecule has 8 nitrogen and oxygen atoms in total. The topological polar surface area (TPSA) is 114 Å². The van der Waals surface area contributed by atoms with Crippen LogP contribution in [0.3, 0.4) is 0 Å². The van der Waals surface area contributed by atoms with Crippen molar-refractivity contribution in [1.29, 1.82) is 0 Å². The van der Waals surface area contributed by atoms with Crippen molar-refractivity contribution < 1.29 is 22.7 Å². The molecule has 0 bridgehead atoms. The molecular formula is C15H21N3O5S. The summed E-state index contributed by atoms with van der Waals surface area (Å²) in [4.78, 5) is 23.9. The number of urea groups is 1. The highest BCUT2D eigenvalue weighted by molar-refractivity contribution is 7.91. The van der Waals surface area contributed by atoms with Gasteiger partial charge in [0.05, 0.1) is 18.6 Å². The Hall–Kier alpha value is -2.29. The quantitative estimate of drug-likeness (QED) is 0.712. The van der Waals surface area contributed by atoms with Gasteiger partial charge < -0.3 is 20.7 Å². The summed E-state index contributed by atoms with van der Waals surface area (Å²) < 4.78 is 27.7. The highest BCUT2D eigenvalue weighted by atomic mass is 32.2. The maximum atomic E-state index is 12.1. The Bertz CT molecular complexity index is 702. The Labute approximate surface area is 140 Å². The zero-order chi connectivity index (χ0) is 17.7. The van der Waals surface area contributed by atoms with Gasteiger partial charge in [-0.2, -0.15) is 0 Å². The van der Waals surface area contributed by atoms with Crippen LogP contribution >= 0.6 is 0 Å². The first-order valence-corrected chi connectivity index (χ1v) is 9.33. The molecule has 1 saturated heterocycles. The second-order valence-electron chi connectivity index (χ2n) is 5.66. The Kier molecular flexibility index (Phi) is 5.66. The van der Waals surface area contributed by atoms with Crippen LogP contribution in [0.15, 0.2) is 24.3 Å². The lowest BCUT2D eigenvalue weighted by Crippen LogP contribution is -2.49. The average molecular weight is 355 g/mol. The molecule has 3 amide bonds. The molecule has 1 aromatic carbocycles. The van der Waals surface area contributed by atoms with Crippen molar-refractivity contribution in [2.75, 3.05) is 23.9 Å². The van der Waals surface area contributed by atoms with Crippen LogP contribution in [0.2, 0.25) is 0 Å². The Balaban J connectivity index is 1.81. The van der Waals surface area contributed by atoms with E-state index in [0.29, 0.717) is 17.9 Å². The third-order valence-corrected chi connectivity index (χ3v) is 5.43. The lowest BCUT2D eigenvalue weighted by atomic mass is 10.2. The molecule has 132 valence electrons. The zero-order valence-electron chi connectivity index (χ0n) is 13.5. The van der Waals surface area contributed by atoms with E-state index in [9.17, 15) is 18.0 Å². The lowest BCUT2D eigenvalue weighted by molar-refractivity contribution is -0.117. The number of anilines is 1. The van der Waals surface area contributed by atoms with E-state index in [0.717, 1.165) is 0 Å². The van der Waals surface area contributed by atoms with Crippen molar-refractivity contribution in [3.63, 3.8) is 0 Å². The SMILES string of the molecule is COc1ccc(NC(=O)[C@H](C)NC(=O)N[C@@H]2CCS(=O)(=O)C2)cc1. The standard InChI is InChI=1S/C15H21N3O5S/c1-10(14(19)17-11-3-5-13(23-2)6-4-11)16-15(20)18-12-7-8-24(21,22)9-12/h3-6,10,12H,7-9H2,1-2H3,(H,17,19)(H2,16,18,20)/t10-,12+/m0/s1. The molecule has 2 rings (SSSR count). The summed E-state index contributed by atoms with van der Waals surface area (Å²) in [7, 11) is -1.51. The second-order valence-corrected chi connectivity index (χ2v) is 7.89. The molecule has 0 aliphatic carbocycles. The van der Waals surface area contributed by atoms with Crippen molar-refractivity contribution >= 4 is 27.5 Å². The third kappa shape index (κ3) is 5.12. The summed E-state index contributed by atoms with van der Waals surface area (Å²) in [5.74, 6) is 0.303. The normalized spacial score (nSPS) is 20.0. The number of rotatable bonds is 5. The van der Waals surface area contributed by atoms with Crippen LogP contribution in [0.1, 0.15) is 13.3 Å². The van der Waals surface area contributed by atoms with Gasteiger partial charge in [0, 0.05) is 11.7 Å². The Morgan fingerprint density at radius 2 is 1.92 bits per heavy atom. The maximum absolute atomic E-state index is 12.1. The summed E-state index contributed by atoms with van der Waals surface area (Å²) in [5.41, 5.74) is 0.580. The molecule has 9 heteroatoms. The van der Waals surface area contributed by atoms with E-state index in [4.69, 9.17) is 4.74 Å². The van der Waals surface area contributed by atoms with E-state index in [1.54, 1.807) is 38.3 Å². The van der Waals surface area contributed by atoms with Crippen LogP contribution in [-0.4, -0.2) is 51.1 Å². The Morgan fingerprint density at radius 3 is 2.46 bits per heavy atom. The van der Waals surface area contributed by atoms with Gasteiger partial charge in [-0.15, -0.1) is 0 Å². The second kappa shape index (κ2) is 7.52. The van der Waals surface area contributed by atoms with Crippen LogP contribution in [0.5, 0.6) is 5.75 Å². The number of carbonyl (C=O) groups excluding carboxylic acids is 2. The smallest absolute Gasteiger partial charge is 0.315 e. The summed E-state index contributed by atoms with van der Waals surface area (Å²) in [6.45, 7) is 1.55. The number of methoxy groups -OCH3 is 1. The van der Waals surface area contributed by atoms with Crippen molar-refractivity contribution in [1.82, 2.24) is 10.6 Å². The van der Waals surface area contributed by atoms with Gasteiger partial charge in [0.15, 0.2) is 9.84 Å². The molecule has 0 spiro atoms. The van der Waals surface area contributed by atoms with Crippen LogP contribution in [0, 0.1) is 0 Å². The van der Waals surface area contributed by atoms with E-state index < -0.39 is 28.0 Å². The lowest BCUT2D eigenvalue weighted by Gasteiger charge is -2.17. The first kappa shape index (κ1) is 18.1. The van der Waals surface area contributed by atoms with Gasteiger partial charge >= 0.3 is 6.03 Å². The first-order valence-electron chi connectivity index (χ1n) is 7.51. The van der Waals surface area contributed by atoms with E-state index in [1.165, 1.54) is 0 Å². The van der Waals surface area contributed by atoms with Crippen molar-refractivity contribution in [2.24, 2.45) is 0 Å². The average Bonchev–Trinajstić information content (AvgIpc) is 2.86. The molecule has 1 aromatic rings. The van der Waals surface area contributed by atoms with Gasteiger partial charge in [0.25, 0.3) is 0 Å². The van der Waals surface area contributed by atoms with Gasteiger partial charge in [-0.05, 0) is 37.6 Å². The number of nitrogens with one attached hydrogen (secondary N) is 3. The molecule has 1 aliphatic heterocycles. The van der Waals surface area contributed by atoms with Crippen LogP contribution in [-0.2, 0) is 14.6 Å². The minimum absolute atomic E-state index is 0.0627. The fraction of sp³-hybridized carbons (Fsp3) is 0.467. The van der Waals surface area contributed by atoms with Crippen molar-refractivity contribution in [3.8, 4) is 5.75 Å². The number of hydrogen-bond acceptors (Lipinski definition) is 5. The number of benzene rings is 1. The predicted molar refractivity (Wildman–Crippen MR) is 89.8 cm³/mol. The van der Waals surface area contributed by atoms with E-state index in [2.05, 4.69) is 16.0 Å². The summed E-state index contributed by atoms with van der Waals surface area (Å²) in [5, 5.41) is 7.74. The van der Waals surface area contributed by atoms with E-state index in [1.807, 2.05) is 0 Å². The summed E-state index contributed by atoms with van der Waals surface area (Å²) in [6, 6.07) is 5.05. The molecule has 0 unspecified atom stereocenters. The number of hydrogen-bond donors (Lipinski definition) is 3. The first-order chi connectivity index (χ1) is 11.3. The monoisotopic (exact) mass is 355 g/mol.